The van der Waals surface area contributed by atoms with Crippen LogP contribution in [0.15, 0.2) is 12.1 Å². The minimum Gasteiger partial charge on any atom is -0.490 e. The van der Waals surface area contributed by atoms with Crippen molar-refractivity contribution in [1.82, 2.24) is 10.6 Å². The first-order chi connectivity index (χ1) is 14.3. The summed E-state index contributed by atoms with van der Waals surface area (Å²) in [6, 6.07) is 4.69. The molecule has 1 unspecified atom stereocenters. The van der Waals surface area contributed by atoms with Gasteiger partial charge in [-0.1, -0.05) is 37.3 Å². The van der Waals surface area contributed by atoms with E-state index in [0.717, 1.165) is 17.2 Å². The van der Waals surface area contributed by atoms with E-state index in [-0.39, 0.29) is 18.7 Å². The third kappa shape index (κ3) is 8.99. The molecule has 2 amide bonds. The van der Waals surface area contributed by atoms with Crippen molar-refractivity contribution in [3.05, 3.63) is 28.3 Å². The van der Waals surface area contributed by atoms with Crippen LogP contribution in [0.1, 0.15) is 31.9 Å². The molecule has 0 saturated heterocycles. The van der Waals surface area contributed by atoms with Crippen molar-refractivity contribution in [2.45, 2.75) is 70.9 Å². The first-order valence-corrected chi connectivity index (χ1v) is 14.8. The summed E-state index contributed by atoms with van der Waals surface area (Å²) in [7, 11) is -1.23. The third-order valence-corrected chi connectivity index (χ3v) is 6.78. The van der Waals surface area contributed by atoms with E-state index in [4.69, 9.17) is 25.8 Å². The Morgan fingerprint density at radius 3 is 2.48 bits per heavy atom. The number of amides is 2. The number of benzene rings is 1. The van der Waals surface area contributed by atoms with E-state index in [1.807, 2.05) is 32.9 Å². The van der Waals surface area contributed by atoms with Gasteiger partial charge in [0.15, 0.2) is 0 Å². The SMILES string of the molecule is CC(C)(C)OC(=O)NCCOc1ccc2c(c1Cl)CC(NC(=O)OCC[Si](C)(C)C)C2. The van der Waals surface area contributed by atoms with Crippen LogP contribution in [-0.4, -0.2) is 51.7 Å². The predicted octanol–water partition coefficient (Wildman–Crippen LogP) is 4.78. The summed E-state index contributed by atoms with van der Waals surface area (Å²) in [5.74, 6) is 0.560. The molecule has 31 heavy (non-hydrogen) atoms. The van der Waals surface area contributed by atoms with Crippen LogP contribution < -0.4 is 15.4 Å². The zero-order valence-corrected chi connectivity index (χ0v) is 21.1. The van der Waals surface area contributed by atoms with Gasteiger partial charge in [-0.05, 0) is 56.9 Å². The smallest absolute Gasteiger partial charge is 0.407 e. The number of hydrogen-bond donors (Lipinski definition) is 2. The van der Waals surface area contributed by atoms with Gasteiger partial charge in [0.25, 0.3) is 0 Å². The fourth-order valence-electron chi connectivity index (χ4n) is 3.14. The number of carbonyl (C=O) groups excluding carboxylic acids is 2. The van der Waals surface area contributed by atoms with Crippen LogP contribution in [0, 0.1) is 0 Å². The topological polar surface area (TPSA) is 85.9 Å². The van der Waals surface area contributed by atoms with Gasteiger partial charge < -0.3 is 24.8 Å². The summed E-state index contributed by atoms with van der Waals surface area (Å²) in [6.07, 6.45) is 0.474. The molecule has 0 aromatic heterocycles. The van der Waals surface area contributed by atoms with E-state index >= 15 is 0 Å². The van der Waals surface area contributed by atoms with E-state index in [1.165, 1.54) is 0 Å². The zero-order chi connectivity index (χ0) is 23.2. The molecule has 1 aromatic carbocycles. The summed E-state index contributed by atoms with van der Waals surface area (Å²) < 4.78 is 16.2. The van der Waals surface area contributed by atoms with Gasteiger partial charge in [-0.2, -0.15) is 0 Å². The van der Waals surface area contributed by atoms with Crippen LogP contribution in [0.25, 0.3) is 0 Å². The highest BCUT2D eigenvalue weighted by Crippen LogP contribution is 2.36. The first kappa shape index (κ1) is 25.3. The highest BCUT2D eigenvalue weighted by Gasteiger charge is 2.27. The number of hydrogen-bond acceptors (Lipinski definition) is 5. The maximum atomic E-state index is 12.1. The van der Waals surface area contributed by atoms with E-state index in [1.54, 1.807) is 0 Å². The second-order valence-electron chi connectivity index (χ2n) is 9.99. The number of carbonyl (C=O) groups is 2. The van der Waals surface area contributed by atoms with Crippen molar-refractivity contribution in [1.29, 1.82) is 0 Å². The average molecular weight is 471 g/mol. The first-order valence-electron chi connectivity index (χ1n) is 10.7. The van der Waals surface area contributed by atoms with Crippen LogP contribution in [0.2, 0.25) is 30.7 Å². The Hall–Kier alpha value is -1.93. The van der Waals surface area contributed by atoms with E-state index in [9.17, 15) is 9.59 Å². The molecule has 9 heteroatoms. The van der Waals surface area contributed by atoms with Gasteiger partial charge in [-0.15, -0.1) is 0 Å². The van der Waals surface area contributed by atoms with Gasteiger partial charge in [0.1, 0.15) is 18.0 Å². The van der Waals surface area contributed by atoms with Crippen LogP contribution in [0.5, 0.6) is 5.75 Å². The standard InChI is InChI=1S/C22H35ClN2O5Si/c1-22(2,3)30-20(26)24-9-10-28-18-8-7-15-13-16(14-17(15)19(18)23)25-21(27)29-11-12-31(4,5)6/h7-8,16H,9-14H2,1-6H3,(H,24,26)(H,25,27). The lowest BCUT2D eigenvalue weighted by Gasteiger charge is -2.19. The largest absolute Gasteiger partial charge is 0.490 e. The molecule has 7 nitrogen and oxygen atoms in total. The summed E-state index contributed by atoms with van der Waals surface area (Å²) in [5.41, 5.74) is 1.53. The normalized spacial score (nSPS) is 15.8. The second kappa shape index (κ2) is 10.6. The Morgan fingerprint density at radius 1 is 1.13 bits per heavy atom. The zero-order valence-electron chi connectivity index (χ0n) is 19.4. The summed E-state index contributed by atoms with van der Waals surface area (Å²) in [4.78, 5) is 23.8. The molecule has 0 bridgehead atoms. The van der Waals surface area contributed by atoms with Gasteiger partial charge in [-0.25, -0.2) is 9.59 Å². The Morgan fingerprint density at radius 2 is 1.84 bits per heavy atom. The average Bonchev–Trinajstić information content (AvgIpc) is 3.01. The molecule has 0 spiro atoms. The van der Waals surface area contributed by atoms with Crippen LogP contribution in [0.4, 0.5) is 9.59 Å². The molecule has 0 radical (unpaired) electrons. The summed E-state index contributed by atoms with van der Waals surface area (Å²) in [5, 5.41) is 6.13. The molecule has 0 aliphatic heterocycles. The molecule has 1 aliphatic rings. The quantitative estimate of drug-likeness (QED) is 0.422. The number of halogens is 1. The molecule has 0 heterocycles. The van der Waals surface area contributed by atoms with Crippen LogP contribution in [-0.2, 0) is 22.3 Å². The third-order valence-electron chi connectivity index (χ3n) is 4.66. The predicted molar refractivity (Wildman–Crippen MR) is 125 cm³/mol. The number of rotatable bonds is 8. The monoisotopic (exact) mass is 470 g/mol. The fourth-order valence-corrected chi connectivity index (χ4v) is 4.17. The Balaban J connectivity index is 1.79. The van der Waals surface area contributed by atoms with Crippen molar-refractivity contribution in [3.8, 4) is 5.75 Å². The van der Waals surface area contributed by atoms with Crippen LogP contribution in [0.3, 0.4) is 0 Å². The van der Waals surface area contributed by atoms with Gasteiger partial charge in [0.2, 0.25) is 0 Å². The van der Waals surface area contributed by atoms with Gasteiger partial charge in [0.05, 0.1) is 18.2 Å². The number of nitrogens with one attached hydrogen (secondary N) is 2. The fraction of sp³-hybridized carbons (Fsp3) is 0.636. The maximum absolute atomic E-state index is 12.1. The summed E-state index contributed by atoms with van der Waals surface area (Å²) >= 11 is 6.54. The van der Waals surface area contributed by atoms with Crippen molar-refractivity contribution in [2.75, 3.05) is 19.8 Å². The number of ether oxygens (including phenoxy) is 3. The van der Waals surface area contributed by atoms with Crippen molar-refractivity contribution < 1.29 is 23.8 Å². The van der Waals surface area contributed by atoms with Crippen molar-refractivity contribution in [3.63, 3.8) is 0 Å². The highest BCUT2D eigenvalue weighted by molar-refractivity contribution is 6.76. The van der Waals surface area contributed by atoms with Gasteiger partial charge in [-0.3, -0.25) is 0 Å². The highest BCUT2D eigenvalue weighted by atomic mass is 35.5. The maximum Gasteiger partial charge on any atom is 0.407 e. The van der Waals surface area contributed by atoms with Gasteiger partial charge >= 0.3 is 12.2 Å². The lowest BCUT2D eigenvalue weighted by atomic mass is 10.1. The molecule has 0 saturated carbocycles. The Bertz CT molecular complexity index is 789. The molecule has 0 fully saturated rings. The van der Waals surface area contributed by atoms with Crippen LogP contribution >= 0.6 is 11.6 Å². The molecule has 2 rings (SSSR count). The van der Waals surface area contributed by atoms with E-state index in [0.29, 0.717) is 36.8 Å². The van der Waals surface area contributed by atoms with E-state index < -0.39 is 19.8 Å². The summed E-state index contributed by atoms with van der Waals surface area (Å²) in [6.45, 7) is 13.2. The molecule has 1 aromatic rings. The number of alkyl carbamates (subject to hydrolysis) is 2. The second-order valence-corrected chi connectivity index (χ2v) is 16.0. The van der Waals surface area contributed by atoms with Gasteiger partial charge in [0, 0.05) is 14.1 Å². The molecule has 1 atom stereocenters. The van der Waals surface area contributed by atoms with Crippen molar-refractivity contribution in [2.24, 2.45) is 0 Å². The lowest BCUT2D eigenvalue weighted by molar-refractivity contribution is 0.0520. The molecular weight excluding hydrogens is 436 g/mol. The van der Waals surface area contributed by atoms with E-state index in [2.05, 4.69) is 30.3 Å². The molecule has 1 aliphatic carbocycles. The van der Waals surface area contributed by atoms with Crippen molar-refractivity contribution >= 4 is 31.9 Å². The molecular formula is C22H35ClN2O5Si. The number of fused-ring (bicyclic) bond motifs is 1. The Kier molecular flexibility index (Phi) is 8.65. The lowest BCUT2D eigenvalue weighted by Crippen LogP contribution is -2.36. The minimum atomic E-state index is -1.23. The molecule has 2 N–H and O–H groups in total. The minimum absolute atomic E-state index is 0.0454. The Labute approximate surface area is 191 Å². The molecule has 174 valence electrons.